The third kappa shape index (κ3) is 3.76. The van der Waals surface area contributed by atoms with Crippen molar-refractivity contribution in [3.05, 3.63) is 53.3 Å². The van der Waals surface area contributed by atoms with Gasteiger partial charge in [0.25, 0.3) is 0 Å². The molecule has 0 saturated carbocycles. The zero-order valence-corrected chi connectivity index (χ0v) is 14.6. The van der Waals surface area contributed by atoms with Crippen LogP contribution in [0.2, 0.25) is 0 Å². The molecule has 0 bridgehead atoms. The average Bonchev–Trinajstić information content (AvgIpc) is 3.17. The predicted octanol–water partition coefficient (Wildman–Crippen LogP) is 2.78. The fraction of sp³-hybridized carbons (Fsp3) is 0.500. The summed E-state index contributed by atoms with van der Waals surface area (Å²) in [4.78, 5) is 14.9. The number of carbonyl (C=O) groups is 1. The number of piperidine rings is 1. The van der Waals surface area contributed by atoms with Crippen LogP contribution in [0.1, 0.15) is 54.5 Å². The van der Waals surface area contributed by atoms with Crippen molar-refractivity contribution in [3.63, 3.8) is 0 Å². The first-order chi connectivity index (χ1) is 12.3. The Morgan fingerprint density at radius 3 is 3.04 bits per heavy atom. The summed E-state index contributed by atoms with van der Waals surface area (Å²) in [6.07, 6.45) is 7.41. The molecule has 5 heteroatoms. The molecule has 1 saturated heterocycles. The number of aromatic amines is 1. The minimum Gasteiger partial charge on any atom is -0.348 e. The normalized spacial score (nSPS) is 23.8. The van der Waals surface area contributed by atoms with Crippen LogP contribution in [-0.2, 0) is 11.2 Å². The van der Waals surface area contributed by atoms with E-state index in [-0.39, 0.29) is 11.9 Å². The largest absolute Gasteiger partial charge is 0.348 e. The van der Waals surface area contributed by atoms with Crippen LogP contribution >= 0.6 is 0 Å². The molecule has 5 nitrogen and oxygen atoms in total. The molecule has 1 aliphatic heterocycles. The molecule has 1 aromatic heterocycles. The van der Waals surface area contributed by atoms with E-state index in [4.69, 9.17) is 0 Å². The summed E-state index contributed by atoms with van der Waals surface area (Å²) >= 11 is 0. The van der Waals surface area contributed by atoms with E-state index in [0.717, 1.165) is 45.2 Å². The SMILES string of the molecule is O=C(CN1CCCC(c2ccn[nH]2)C1)NC1CCCc2ccccc21. The maximum Gasteiger partial charge on any atom is 0.234 e. The predicted molar refractivity (Wildman–Crippen MR) is 97.3 cm³/mol. The van der Waals surface area contributed by atoms with Gasteiger partial charge in [-0.15, -0.1) is 0 Å². The van der Waals surface area contributed by atoms with Gasteiger partial charge in [0.2, 0.25) is 5.91 Å². The molecular weight excluding hydrogens is 312 g/mol. The van der Waals surface area contributed by atoms with E-state index in [1.54, 1.807) is 0 Å². The standard InChI is InChI=1S/C20H26N4O/c25-20(22-19-9-3-6-15-5-1-2-8-17(15)19)14-24-12-4-7-16(13-24)18-10-11-21-23-18/h1-2,5,8,10-11,16,19H,3-4,6-7,9,12-14H2,(H,21,23)(H,22,25). The van der Waals surface area contributed by atoms with E-state index < -0.39 is 0 Å². The molecule has 1 aromatic carbocycles. The van der Waals surface area contributed by atoms with E-state index in [2.05, 4.69) is 44.7 Å². The van der Waals surface area contributed by atoms with Crippen molar-refractivity contribution in [2.24, 2.45) is 0 Å². The van der Waals surface area contributed by atoms with Crippen LogP contribution in [-0.4, -0.2) is 40.6 Å². The molecule has 2 aliphatic rings. The lowest BCUT2D eigenvalue weighted by Crippen LogP contribution is -2.43. The highest BCUT2D eigenvalue weighted by molar-refractivity contribution is 5.78. The van der Waals surface area contributed by atoms with Crippen molar-refractivity contribution in [2.45, 2.75) is 44.1 Å². The molecule has 0 spiro atoms. The number of nitrogens with zero attached hydrogens (tertiary/aromatic N) is 2. The van der Waals surface area contributed by atoms with Gasteiger partial charge in [-0.1, -0.05) is 24.3 Å². The molecule has 4 rings (SSSR count). The number of fused-ring (bicyclic) bond motifs is 1. The fourth-order valence-electron chi connectivity index (χ4n) is 4.29. The monoisotopic (exact) mass is 338 g/mol. The topological polar surface area (TPSA) is 61.0 Å². The number of aryl methyl sites for hydroxylation is 1. The maximum atomic E-state index is 12.6. The summed E-state index contributed by atoms with van der Waals surface area (Å²) in [5.74, 6) is 0.603. The second-order valence-corrected chi connectivity index (χ2v) is 7.30. The zero-order valence-electron chi connectivity index (χ0n) is 14.6. The first-order valence-electron chi connectivity index (χ1n) is 9.38. The number of hydrogen-bond donors (Lipinski definition) is 2. The Balaban J connectivity index is 1.35. The van der Waals surface area contributed by atoms with Gasteiger partial charge in [-0.25, -0.2) is 0 Å². The summed E-state index contributed by atoms with van der Waals surface area (Å²) in [5, 5.41) is 10.4. The fourth-order valence-corrected chi connectivity index (χ4v) is 4.29. The third-order valence-electron chi connectivity index (χ3n) is 5.54. The van der Waals surface area contributed by atoms with Crippen LogP contribution < -0.4 is 5.32 Å². The molecule has 2 atom stereocenters. The first-order valence-corrected chi connectivity index (χ1v) is 9.38. The van der Waals surface area contributed by atoms with Gasteiger partial charge in [0.1, 0.15) is 0 Å². The number of aromatic nitrogens is 2. The van der Waals surface area contributed by atoms with E-state index in [1.165, 1.54) is 16.8 Å². The van der Waals surface area contributed by atoms with Crippen molar-refractivity contribution in [1.82, 2.24) is 20.4 Å². The van der Waals surface area contributed by atoms with E-state index >= 15 is 0 Å². The molecule has 25 heavy (non-hydrogen) atoms. The van der Waals surface area contributed by atoms with Crippen molar-refractivity contribution in [1.29, 1.82) is 0 Å². The van der Waals surface area contributed by atoms with E-state index in [0.29, 0.717) is 12.5 Å². The highest BCUT2D eigenvalue weighted by Gasteiger charge is 2.26. The number of likely N-dealkylation sites (tertiary alicyclic amines) is 1. The number of benzene rings is 1. The number of nitrogens with one attached hydrogen (secondary N) is 2. The van der Waals surface area contributed by atoms with Gasteiger partial charge >= 0.3 is 0 Å². The van der Waals surface area contributed by atoms with Gasteiger partial charge in [0.15, 0.2) is 0 Å². The van der Waals surface area contributed by atoms with Gasteiger partial charge < -0.3 is 5.32 Å². The molecule has 0 radical (unpaired) electrons. The lowest BCUT2D eigenvalue weighted by Gasteiger charge is -2.32. The van der Waals surface area contributed by atoms with Gasteiger partial charge in [0.05, 0.1) is 12.6 Å². The van der Waals surface area contributed by atoms with Gasteiger partial charge in [-0.05, 0) is 55.8 Å². The van der Waals surface area contributed by atoms with Crippen molar-refractivity contribution in [3.8, 4) is 0 Å². The lowest BCUT2D eigenvalue weighted by atomic mass is 9.88. The molecule has 1 amide bonds. The number of rotatable bonds is 4. The van der Waals surface area contributed by atoms with Crippen LogP contribution in [0, 0.1) is 0 Å². The molecule has 132 valence electrons. The minimum absolute atomic E-state index is 0.145. The summed E-state index contributed by atoms with van der Waals surface area (Å²) in [5.41, 5.74) is 3.87. The summed E-state index contributed by atoms with van der Waals surface area (Å²) in [7, 11) is 0. The van der Waals surface area contributed by atoms with Crippen LogP contribution in [0.4, 0.5) is 0 Å². The first kappa shape index (κ1) is 16.3. The van der Waals surface area contributed by atoms with E-state index in [1.807, 2.05) is 12.3 Å². The summed E-state index contributed by atoms with van der Waals surface area (Å²) in [6.45, 7) is 2.42. The molecule has 1 aliphatic carbocycles. The quantitative estimate of drug-likeness (QED) is 0.901. The Hall–Kier alpha value is -2.14. The second kappa shape index (κ2) is 7.40. The van der Waals surface area contributed by atoms with Crippen molar-refractivity contribution >= 4 is 5.91 Å². The highest BCUT2D eigenvalue weighted by Crippen LogP contribution is 2.29. The average molecular weight is 338 g/mol. The molecule has 2 unspecified atom stereocenters. The summed E-state index contributed by atoms with van der Waals surface area (Å²) in [6, 6.07) is 10.7. The maximum absolute atomic E-state index is 12.6. The molecule has 1 fully saturated rings. The molecule has 2 N–H and O–H groups in total. The third-order valence-corrected chi connectivity index (χ3v) is 5.54. The van der Waals surface area contributed by atoms with Crippen LogP contribution in [0.15, 0.2) is 36.5 Å². The van der Waals surface area contributed by atoms with Crippen molar-refractivity contribution < 1.29 is 4.79 Å². The van der Waals surface area contributed by atoms with E-state index in [9.17, 15) is 4.79 Å². The Bertz CT molecular complexity index is 712. The van der Waals surface area contributed by atoms with Gasteiger partial charge in [0, 0.05) is 24.4 Å². The Labute approximate surface area is 148 Å². The van der Waals surface area contributed by atoms with Crippen LogP contribution in [0.3, 0.4) is 0 Å². The molecule has 2 heterocycles. The lowest BCUT2D eigenvalue weighted by molar-refractivity contribution is -0.123. The minimum atomic E-state index is 0.145. The number of hydrogen-bond acceptors (Lipinski definition) is 3. The van der Waals surface area contributed by atoms with Gasteiger partial charge in [-0.3, -0.25) is 14.8 Å². The van der Waals surface area contributed by atoms with Crippen LogP contribution in [0.25, 0.3) is 0 Å². The Morgan fingerprint density at radius 2 is 2.16 bits per heavy atom. The smallest absolute Gasteiger partial charge is 0.234 e. The number of amides is 1. The summed E-state index contributed by atoms with van der Waals surface area (Å²) < 4.78 is 0. The Morgan fingerprint density at radius 1 is 1.24 bits per heavy atom. The second-order valence-electron chi connectivity index (χ2n) is 7.30. The van der Waals surface area contributed by atoms with Crippen molar-refractivity contribution in [2.75, 3.05) is 19.6 Å². The number of H-pyrrole nitrogens is 1. The van der Waals surface area contributed by atoms with Gasteiger partial charge in [-0.2, -0.15) is 5.10 Å². The van der Waals surface area contributed by atoms with Crippen LogP contribution in [0.5, 0.6) is 0 Å². The molecular formula is C20H26N4O. The zero-order chi connectivity index (χ0) is 17.1. The molecule has 2 aromatic rings. The highest BCUT2D eigenvalue weighted by atomic mass is 16.2. The number of carbonyl (C=O) groups excluding carboxylic acids is 1. The Kier molecular flexibility index (Phi) is 4.83.